The van der Waals surface area contributed by atoms with E-state index < -0.39 is 0 Å². The molecule has 23 heavy (non-hydrogen) atoms. The van der Waals surface area contributed by atoms with Crippen LogP contribution in [-0.4, -0.2) is 24.4 Å². The van der Waals surface area contributed by atoms with Crippen molar-refractivity contribution in [3.05, 3.63) is 65.7 Å². The van der Waals surface area contributed by atoms with Gasteiger partial charge in [0, 0.05) is 18.7 Å². The summed E-state index contributed by atoms with van der Waals surface area (Å²) in [6.45, 7) is 2.55. The minimum Gasteiger partial charge on any atom is -0.351 e. The Bertz CT molecular complexity index is 695. The Morgan fingerprint density at radius 3 is 2.52 bits per heavy atom. The topological polar surface area (TPSA) is 49.4 Å². The summed E-state index contributed by atoms with van der Waals surface area (Å²) in [5.74, 6) is 0.0124. The number of hydrogen-bond donors (Lipinski definition) is 1. The molecule has 0 bridgehead atoms. The number of hydrogen-bond acceptors (Lipinski definition) is 2. The third-order valence-corrected chi connectivity index (χ3v) is 4.04. The molecule has 0 aliphatic carbocycles. The standard InChI is InChI=1S/C19H20N2O2/c1-14-7-9-15(10-8-14)11-18(22)20-16-12-19(23)21(13-16)17-5-3-2-4-6-17/h2-10,16H,11-13H2,1H3,(H,20,22). The third kappa shape index (κ3) is 3.77. The molecule has 4 nitrogen and oxygen atoms in total. The highest BCUT2D eigenvalue weighted by Gasteiger charge is 2.31. The Labute approximate surface area is 136 Å². The Balaban J connectivity index is 1.57. The van der Waals surface area contributed by atoms with Gasteiger partial charge in [-0.05, 0) is 24.6 Å². The van der Waals surface area contributed by atoms with E-state index in [4.69, 9.17) is 0 Å². The smallest absolute Gasteiger partial charge is 0.229 e. The molecule has 0 spiro atoms. The van der Waals surface area contributed by atoms with E-state index in [1.165, 1.54) is 5.56 Å². The Morgan fingerprint density at radius 1 is 1.13 bits per heavy atom. The molecule has 1 heterocycles. The average Bonchev–Trinajstić information content (AvgIpc) is 2.91. The van der Waals surface area contributed by atoms with Crippen molar-refractivity contribution in [1.29, 1.82) is 0 Å². The summed E-state index contributed by atoms with van der Waals surface area (Å²) in [6, 6.07) is 17.4. The van der Waals surface area contributed by atoms with Gasteiger partial charge in [0.1, 0.15) is 0 Å². The van der Waals surface area contributed by atoms with E-state index in [1.807, 2.05) is 61.5 Å². The molecule has 2 amide bonds. The van der Waals surface area contributed by atoms with Gasteiger partial charge in [0.2, 0.25) is 11.8 Å². The maximum absolute atomic E-state index is 12.2. The van der Waals surface area contributed by atoms with Crippen molar-refractivity contribution in [1.82, 2.24) is 5.32 Å². The number of amides is 2. The zero-order valence-electron chi connectivity index (χ0n) is 13.2. The van der Waals surface area contributed by atoms with E-state index in [0.717, 1.165) is 11.3 Å². The van der Waals surface area contributed by atoms with Crippen LogP contribution in [0.1, 0.15) is 17.5 Å². The number of anilines is 1. The lowest BCUT2D eigenvalue weighted by atomic mass is 10.1. The summed E-state index contributed by atoms with van der Waals surface area (Å²) < 4.78 is 0. The van der Waals surface area contributed by atoms with Gasteiger partial charge in [-0.15, -0.1) is 0 Å². The Kier molecular flexibility index (Phi) is 4.42. The third-order valence-electron chi connectivity index (χ3n) is 4.04. The zero-order valence-corrected chi connectivity index (χ0v) is 13.2. The minimum absolute atomic E-state index is 0.0402. The minimum atomic E-state index is -0.124. The number of aryl methyl sites for hydroxylation is 1. The zero-order chi connectivity index (χ0) is 16.2. The first kappa shape index (κ1) is 15.3. The van der Waals surface area contributed by atoms with E-state index in [0.29, 0.717) is 19.4 Å². The van der Waals surface area contributed by atoms with Crippen molar-refractivity contribution >= 4 is 17.5 Å². The molecule has 2 aromatic rings. The second-order valence-corrected chi connectivity index (χ2v) is 5.97. The molecule has 0 saturated carbocycles. The highest BCUT2D eigenvalue weighted by atomic mass is 16.2. The molecule has 118 valence electrons. The van der Waals surface area contributed by atoms with E-state index in [9.17, 15) is 9.59 Å². The largest absolute Gasteiger partial charge is 0.351 e. The predicted octanol–water partition coefficient (Wildman–Crippen LogP) is 2.46. The maximum Gasteiger partial charge on any atom is 0.229 e. The first-order valence-corrected chi connectivity index (χ1v) is 7.82. The summed E-state index contributed by atoms with van der Waals surface area (Å²) in [7, 11) is 0. The van der Waals surface area contributed by atoms with Gasteiger partial charge >= 0.3 is 0 Å². The van der Waals surface area contributed by atoms with Crippen LogP contribution in [0.3, 0.4) is 0 Å². The summed E-state index contributed by atoms with van der Waals surface area (Å²) >= 11 is 0. The number of carbonyl (C=O) groups is 2. The second kappa shape index (κ2) is 6.65. The molecule has 1 N–H and O–H groups in total. The van der Waals surface area contributed by atoms with Gasteiger partial charge in [0.25, 0.3) is 0 Å². The van der Waals surface area contributed by atoms with Gasteiger partial charge in [0.15, 0.2) is 0 Å². The molecule has 1 unspecified atom stereocenters. The summed E-state index contributed by atoms with van der Waals surface area (Å²) in [6.07, 6.45) is 0.699. The first-order chi connectivity index (χ1) is 11.1. The van der Waals surface area contributed by atoms with Crippen LogP contribution < -0.4 is 10.2 Å². The number of nitrogens with one attached hydrogen (secondary N) is 1. The highest BCUT2D eigenvalue weighted by Crippen LogP contribution is 2.21. The van der Waals surface area contributed by atoms with Crippen LogP contribution in [-0.2, 0) is 16.0 Å². The lowest BCUT2D eigenvalue weighted by Gasteiger charge is -2.17. The van der Waals surface area contributed by atoms with Crippen LogP contribution >= 0.6 is 0 Å². The molecular formula is C19H20N2O2. The monoisotopic (exact) mass is 308 g/mol. The number of para-hydroxylation sites is 1. The normalized spacial score (nSPS) is 17.3. The molecule has 1 aliphatic rings. The fourth-order valence-corrected chi connectivity index (χ4v) is 2.83. The van der Waals surface area contributed by atoms with Crippen molar-refractivity contribution in [3.63, 3.8) is 0 Å². The second-order valence-electron chi connectivity index (χ2n) is 5.97. The van der Waals surface area contributed by atoms with Crippen LogP contribution in [0.2, 0.25) is 0 Å². The Morgan fingerprint density at radius 2 is 1.83 bits per heavy atom. The average molecular weight is 308 g/mol. The number of nitrogens with zero attached hydrogens (tertiary/aromatic N) is 1. The lowest BCUT2D eigenvalue weighted by molar-refractivity contribution is -0.121. The summed E-state index contributed by atoms with van der Waals surface area (Å²) in [5, 5.41) is 2.97. The van der Waals surface area contributed by atoms with Gasteiger partial charge < -0.3 is 10.2 Å². The van der Waals surface area contributed by atoms with Crippen LogP contribution in [0.4, 0.5) is 5.69 Å². The van der Waals surface area contributed by atoms with E-state index in [1.54, 1.807) is 4.90 Å². The number of carbonyl (C=O) groups excluding carboxylic acids is 2. The predicted molar refractivity (Wildman–Crippen MR) is 90.2 cm³/mol. The van der Waals surface area contributed by atoms with Crippen LogP contribution in [0.25, 0.3) is 0 Å². The van der Waals surface area contributed by atoms with E-state index in [-0.39, 0.29) is 17.9 Å². The first-order valence-electron chi connectivity index (χ1n) is 7.82. The van der Waals surface area contributed by atoms with Gasteiger partial charge in [0.05, 0.1) is 12.5 Å². The molecule has 1 fully saturated rings. The van der Waals surface area contributed by atoms with E-state index >= 15 is 0 Å². The highest BCUT2D eigenvalue weighted by molar-refractivity contribution is 5.96. The fraction of sp³-hybridized carbons (Fsp3) is 0.263. The SMILES string of the molecule is Cc1ccc(CC(=O)NC2CC(=O)N(c3ccccc3)C2)cc1. The molecule has 1 aliphatic heterocycles. The number of benzene rings is 2. The van der Waals surface area contributed by atoms with Crippen LogP contribution in [0.15, 0.2) is 54.6 Å². The molecule has 1 atom stereocenters. The van der Waals surface area contributed by atoms with Crippen molar-refractivity contribution in [2.75, 3.05) is 11.4 Å². The quantitative estimate of drug-likeness (QED) is 0.943. The van der Waals surface area contributed by atoms with Crippen LogP contribution in [0, 0.1) is 6.92 Å². The van der Waals surface area contributed by atoms with Crippen molar-refractivity contribution in [2.45, 2.75) is 25.8 Å². The van der Waals surface area contributed by atoms with Crippen molar-refractivity contribution in [3.8, 4) is 0 Å². The maximum atomic E-state index is 12.2. The van der Waals surface area contributed by atoms with E-state index in [2.05, 4.69) is 5.32 Å². The van der Waals surface area contributed by atoms with Gasteiger partial charge in [-0.2, -0.15) is 0 Å². The fourth-order valence-electron chi connectivity index (χ4n) is 2.83. The van der Waals surface area contributed by atoms with Gasteiger partial charge in [-0.1, -0.05) is 48.0 Å². The summed E-state index contributed by atoms with van der Waals surface area (Å²) in [5.41, 5.74) is 3.04. The molecule has 0 aromatic heterocycles. The molecule has 2 aromatic carbocycles. The molecular weight excluding hydrogens is 288 g/mol. The number of rotatable bonds is 4. The lowest BCUT2D eigenvalue weighted by Crippen LogP contribution is -2.38. The van der Waals surface area contributed by atoms with Gasteiger partial charge in [-0.25, -0.2) is 0 Å². The summed E-state index contributed by atoms with van der Waals surface area (Å²) in [4.78, 5) is 26.0. The molecule has 4 heteroatoms. The van der Waals surface area contributed by atoms with Crippen molar-refractivity contribution < 1.29 is 9.59 Å². The van der Waals surface area contributed by atoms with Gasteiger partial charge in [-0.3, -0.25) is 9.59 Å². The Hall–Kier alpha value is -2.62. The molecule has 3 rings (SSSR count). The molecule has 0 radical (unpaired) electrons. The van der Waals surface area contributed by atoms with Crippen molar-refractivity contribution in [2.24, 2.45) is 0 Å². The molecule has 1 saturated heterocycles. The van der Waals surface area contributed by atoms with Crippen LogP contribution in [0.5, 0.6) is 0 Å².